The van der Waals surface area contributed by atoms with Gasteiger partial charge in [0.25, 0.3) is 0 Å². The SMILES string of the molecule is CCC(C(=O)O)n1cc(N)c(=O)c(Br)c1. The van der Waals surface area contributed by atoms with E-state index in [4.69, 9.17) is 10.8 Å². The summed E-state index contributed by atoms with van der Waals surface area (Å²) in [6.07, 6.45) is 3.19. The molecule has 0 spiro atoms. The Bertz CT molecular complexity index is 415. The van der Waals surface area contributed by atoms with Crippen LogP contribution in [-0.4, -0.2) is 15.6 Å². The van der Waals surface area contributed by atoms with E-state index in [1.54, 1.807) is 6.92 Å². The standard InChI is InChI=1S/C9H11BrN2O3/c1-2-7(9(14)15)12-3-5(10)8(13)6(11)4-12/h3-4,7H,2,11H2,1H3,(H,14,15). The minimum atomic E-state index is -0.951. The predicted molar refractivity (Wildman–Crippen MR) is 59.8 cm³/mol. The number of carbonyl (C=O) groups is 1. The van der Waals surface area contributed by atoms with E-state index in [-0.39, 0.29) is 15.6 Å². The van der Waals surface area contributed by atoms with Crippen LogP contribution in [0.5, 0.6) is 0 Å². The van der Waals surface area contributed by atoms with Gasteiger partial charge >= 0.3 is 5.97 Å². The second-order valence-corrected chi connectivity index (χ2v) is 3.95. The van der Waals surface area contributed by atoms with Crippen LogP contribution in [0.4, 0.5) is 5.69 Å². The number of aromatic nitrogens is 1. The van der Waals surface area contributed by atoms with Crippen LogP contribution in [0.2, 0.25) is 0 Å². The molecule has 5 nitrogen and oxygen atoms in total. The monoisotopic (exact) mass is 274 g/mol. The van der Waals surface area contributed by atoms with Gasteiger partial charge in [0, 0.05) is 12.4 Å². The molecule has 0 fully saturated rings. The maximum Gasteiger partial charge on any atom is 0.326 e. The minimum absolute atomic E-state index is 0.0316. The van der Waals surface area contributed by atoms with Crippen LogP contribution in [0.3, 0.4) is 0 Å². The van der Waals surface area contributed by atoms with E-state index in [0.717, 1.165) is 0 Å². The summed E-state index contributed by atoms with van der Waals surface area (Å²) in [5.74, 6) is -0.951. The number of pyridine rings is 1. The molecular formula is C9H11BrN2O3. The van der Waals surface area contributed by atoms with Gasteiger partial charge in [0.2, 0.25) is 5.43 Å². The summed E-state index contributed by atoms with van der Waals surface area (Å²) >= 11 is 3.04. The molecule has 0 aliphatic carbocycles. The minimum Gasteiger partial charge on any atom is -0.480 e. The zero-order chi connectivity index (χ0) is 11.6. The van der Waals surface area contributed by atoms with Gasteiger partial charge in [0.15, 0.2) is 0 Å². The van der Waals surface area contributed by atoms with Crippen LogP contribution >= 0.6 is 15.9 Å². The topological polar surface area (TPSA) is 85.3 Å². The number of rotatable bonds is 3. The molecule has 0 aromatic carbocycles. The van der Waals surface area contributed by atoms with Crippen LogP contribution in [0.15, 0.2) is 21.7 Å². The zero-order valence-corrected chi connectivity index (χ0v) is 9.69. The van der Waals surface area contributed by atoms with E-state index in [1.165, 1.54) is 17.0 Å². The Kier molecular flexibility index (Phi) is 3.52. The number of nitrogen functional groups attached to an aromatic ring is 1. The summed E-state index contributed by atoms with van der Waals surface area (Å²) in [5, 5.41) is 8.92. The number of anilines is 1. The first-order valence-corrected chi connectivity index (χ1v) is 5.16. The first-order valence-electron chi connectivity index (χ1n) is 4.37. The third-order valence-corrected chi connectivity index (χ3v) is 2.63. The average molecular weight is 275 g/mol. The summed E-state index contributed by atoms with van der Waals surface area (Å²) < 4.78 is 1.69. The van der Waals surface area contributed by atoms with Gasteiger partial charge in [-0.05, 0) is 22.4 Å². The molecule has 1 rings (SSSR count). The van der Waals surface area contributed by atoms with Crippen LogP contribution in [0.1, 0.15) is 19.4 Å². The highest BCUT2D eigenvalue weighted by atomic mass is 79.9. The first-order chi connectivity index (χ1) is 6.97. The fourth-order valence-corrected chi connectivity index (χ4v) is 1.74. The molecule has 1 heterocycles. The number of aliphatic carboxylic acids is 1. The van der Waals surface area contributed by atoms with Gasteiger partial charge in [-0.25, -0.2) is 4.79 Å². The molecule has 1 unspecified atom stereocenters. The molecule has 1 atom stereocenters. The fourth-order valence-electron chi connectivity index (χ4n) is 1.28. The Morgan fingerprint density at radius 3 is 2.67 bits per heavy atom. The zero-order valence-electron chi connectivity index (χ0n) is 8.11. The van der Waals surface area contributed by atoms with E-state index < -0.39 is 12.0 Å². The van der Waals surface area contributed by atoms with Crippen molar-refractivity contribution < 1.29 is 9.90 Å². The van der Waals surface area contributed by atoms with Gasteiger partial charge in [-0.1, -0.05) is 6.92 Å². The molecule has 0 bridgehead atoms. The van der Waals surface area contributed by atoms with Crippen molar-refractivity contribution in [3.05, 3.63) is 27.1 Å². The number of carboxylic acids is 1. The third-order valence-electron chi connectivity index (χ3n) is 2.06. The van der Waals surface area contributed by atoms with Crippen molar-refractivity contribution in [1.82, 2.24) is 4.57 Å². The highest BCUT2D eigenvalue weighted by Gasteiger charge is 2.17. The smallest absolute Gasteiger partial charge is 0.326 e. The van der Waals surface area contributed by atoms with Gasteiger partial charge in [-0.3, -0.25) is 4.79 Å². The molecule has 0 radical (unpaired) electrons. The number of hydrogen-bond donors (Lipinski definition) is 2. The van der Waals surface area contributed by atoms with Crippen molar-refractivity contribution in [3.8, 4) is 0 Å². The molecule has 0 saturated carbocycles. The first kappa shape index (κ1) is 11.8. The Hall–Kier alpha value is -1.30. The van der Waals surface area contributed by atoms with E-state index >= 15 is 0 Å². The van der Waals surface area contributed by atoms with E-state index in [9.17, 15) is 9.59 Å². The summed E-state index contributed by atoms with van der Waals surface area (Å²) in [4.78, 5) is 22.2. The van der Waals surface area contributed by atoms with Crippen molar-refractivity contribution in [2.45, 2.75) is 19.4 Å². The molecule has 82 valence electrons. The van der Waals surface area contributed by atoms with Crippen LogP contribution in [-0.2, 0) is 4.79 Å². The molecule has 0 aliphatic heterocycles. The van der Waals surface area contributed by atoms with Crippen molar-refractivity contribution in [2.75, 3.05) is 5.73 Å². The van der Waals surface area contributed by atoms with E-state index in [2.05, 4.69) is 15.9 Å². The second-order valence-electron chi connectivity index (χ2n) is 3.10. The number of nitrogens with zero attached hydrogens (tertiary/aromatic N) is 1. The number of halogens is 1. The van der Waals surface area contributed by atoms with Gasteiger partial charge < -0.3 is 15.4 Å². The summed E-state index contributed by atoms with van der Waals surface area (Å²) in [7, 11) is 0. The molecule has 15 heavy (non-hydrogen) atoms. The number of hydrogen-bond acceptors (Lipinski definition) is 3. The maximum atomic E-state index is 11.3. The van der Waals surface area contributed by atoms with Crippen molar-refractivity contribution in [3.63, 3.8) is 0 Å². The lowest BCUT2D eigenvalue weighted by Crippen LogP contribution is -2.21. The second kappa shape index (κ2) is 4.48. The molecular weight excluding hydrogens is 264 g/mol. The number of nitrogens with two attached hydrogens (primary N) is 1. The van der Waals surface area contributed by atoms with Crippen molar-refractivity contribution in [2.24, 2.45) is 0 Å². The summed E-state index contributed by atoms with van der Waals surface area (Å²) in [5.41, 5.74) is 5.16. The average Bonchev–Trinajstić information content (AvgIpc) is 2.14. The molecule has 3 N–H and O–H groups in total. The Labute approximate surface area is 94.6 Å². The molecule has 0 aliphatic rings. The lowest BCUT2D eigenvalue weighted by molar-refractivity contribution is -0.141. The summed E-state index contributed by atoms with van der Waals surface area (Å²) in [6.45, 7) is 1.75. The predicted octanol–water partition coefficient (Wildman–Crippen LogP) is 1.23. The van der Waals surface area contributed by atoms with Crippen LogP contribution in [0, 0.1) is 0 Å². The summed E-state index contributed by atoms with van der Waals surface area (Å²) in [6, 6.07) is -0.704. The highest BCUT2D eigenvalue weighted by Crippen LogP contribution is 2.15. The third kappa shape index (κ3) is 2.38. The Balaban J connectivity index is 3.26. The largest absolute Gasteiger partial charge is 0.480 e. The Morgan fingerprint density at radius 1 is 1.67 bits per heavy atom. The lowest BCUT2D eigenvalue weighted by Gasteiger charge is -2.15. The fraction of sp³-hybridized carbons (Fsp3) is 0.333. The number of carboxylic acid groups (broad SMARTS) is 1. The van der Waals surface area contributed by atoms with Gasteiger partial charge in [0.1, 0.15) is 6.04 Å². The molecule has 0 amide bonds. The molecule has 1 aromatic rings. The van der Waals surface area contributed by atoms with Crippen LogP contribution < -0.4 is 11.2 Å². The molecule has 1 aromatic heterocycles. The van der Waals surface area contributed by atoms with Gasteiger partial charge in [0.05, 0.1) is 10.2 Å². The lowest BCUT2D eigenvalue weighted by atomic mass is 10.2. The quantitative estimate of drug-likeness (QED) is 0.868. The molecule has 0 saturated heterocycles. The van der Waals surface area contributed by atoms with E-state index in [0.29, 0.717) is 6.42 Å². The van der Waals surface area contributed by atoms with Gasteiger partial charge in [-0.15, -0.1) is 0 Å². The van der Waals surface area contributed by atoms with E-state index in [1.807, 2.05) is 0 Å². The highest BCUT2D eigenvalue weighted by molar-refractivity contribution is 9.10. The normalized spacial score (nSPS) is 12.4. The van der Waals surface area contributed by atoms with Crippen molar-refractivity contribution in [1.29, 1.82) is 0 Å². The van der Waals surface area contributed by atoms with Crippen LogP contribution in [0.25, 0.3) is 0 Å². The molecule has 6 heteroatoms. The van der Waals surface area contributed by atoms with Gasteiger partial charge in [-0.2, -0.15) is 0 Å². The Morgan fingerprint density at radius 2 is 2.27 bits per heavy atom. The van der Waals surface area contributed by atoms with Crippen molar-refractivity contribution >= 4 is 27.6 Å². The maximum absolute atomic E-state index is 11.3.